The third kappa shape index (κ3) is 13.9. The number of rotatable bonds is 33. The molecule has 0 atom stereocenters. The van der Waals surface area contributed by atoms with Gasteiger partial charge in [0.15, 0.2) is 0 Å². The zero-order chi connectivity index (χ0) is 40.7. The topological polar surface area (TPSA) is 93.7 Å². The summed E-state index contributed by atoms with van der Waals surface area (Å²) in [5, 5.41) is 14.0. The average molecular weight is 786 g/mol. The van der Waals surface area contributed by atoms with E-state index in [0.717, 1.165) is 51.4 Å². The van der Waals surface area contributed by atoms with Crippen LogP contribution in [-0.2, 0) is 13.1 Å². The number of pyridine rings is 2. The van der Waals surface area contributed by atoms with E-state index >= 15 is 0 Å². The van der Waals surface area contributed by atoms with Crippen molar-refractivity contribution >= 4 is 21.5 Å². The lowest BCUT2D eigenvalue weighted by molar-refractivity contribution is 0.406. The summed E-state index contributed by atoms with van der Waals surface area (Å²) in [5.74, 6) is -0.0829. The van der Waals surface area contributed by atoms with E-state index in [1.807, 2.05) is 0 Å². The Kier molecular flexibility index (Phi) is 21.8. The van der Waals surface area contributed by atoms with Gasteiger partial charge in [-0.1, -0.05) is 194 Å². The average Bonchev–Trinajstić information content (AvgIpc) is 3.21. The molecule has 2 heterocycles. The maximum Gasteiger partial charge on any atom is 0.263 e. The van der Waals surface area contributed by atoms with Crippen molar-refractivity contribution in [2.75, 3.05) is 6.54 Å². The van der Waals surface area contributed by atoms with Gasteiger partial charge in [0.1, 0.15) is 0 Å². The summed E-state index contributed by atoms with van der Waals surface area (Å²) >= 11 is 0. The van der Waals surface area contributed by atoms with Gasteiger partial charge in [0.2, 0.25) is 5.88 Å². The quantitative estimate of drug-likeness (QED) is 0.0384. The highest BCUT2D eigenvalue weighted by atomic mass is 16.3. The monoisotopic (exact) mass is 786 g/mol. The molecule has 2 aromatic rings. The number of hydrogen-bond acceptors (Lipinski definition) is 5. The van der Waals surface area contributed by atoms with Crippen LogP contribution in [0.15, 0.2) is 37.6 Å². The lowest BCUT2D eigenvalue weighted by Crippen LogP contribution is -2.36. The van der Waals surface area contributed by atoms with Gasteiger partial charge >= 0.3 is 0 Å². The van der Waals surface area contributed by atoms with Crippen molar-refractivity contribution in [1.29, 1.82) is 0 Å². The van der Waals surface area contributed by atoms with Gasteiger partial charge in [0.25, 0.3) is 16.7 Å². The number of aromatic hydroxyl groups is 1. The Morgan fingerprint density at radius 1 is 0.456 bits per heavy atom. The van der Waals surface area contributed by atoms with Gasteiger partial charge in [0.05, 0.1) is 16.3 Å². The van der Waals surface area contributed by atoms with Crippen LogP contribution in [0.5, 0.6) is 5.88 Å². The van der Waals surface area contributed by atoms with E-state index in [-0.39, 0.29) is 22.6 Å². The predicted molar refractivity (Wildman–Crippen MR) is 243 cm³/mol. The molecule has 0 amide bonds. The van der Waals surface area contributed by atoms with Gasteiger partial charge in [-0.25, -0.2) is 0 Å². The van der Waals surface area contributed by atoms with Crippen molar-refractivity contribution in [3.63, 3.8) is 0 Å². The lowest BCUT2D eigenvalue weighted by Gasteiger charge is -2.19. The van der Waals surface area contributed by atoms with Crippen molar-refractivity contribution in [3.05, 3.63) is 54.6 Å². The minimum Gasteiger partial charge on any atom is -0.494 e. The Morgan fingerprint density at radius 3 is 1.33 bits per heavy atom. The molecule has 0 bridgehead atoms. The third-order valence-electron chi connectivity index (χ3n) is 12.4. The number of nitrogens with zero attached hydrogens (tertiary/aromatic N) is 3. The van der Waals surface area contributed by atoms with Crippen LogP contribution in [0, 0.1) is 0 Å². The summed E-state index contributed by atoms with van der Waals surface area (Å²) in [4.78, 5) is 47.6. The SMILES string of the molecule is CCCCCCCCCCCCN=c1cc2c(=O)n(CCCCCCCCCCCC)c(=O)c3ccc4c(O)n(CCCCCCCCCCCC)c(=O)c1c4c3-2. The molecule has 4 rings (SSSR count). The van der Waals surface area contributed by atoms with Crippen molar-refractivity contribution in [2.45, 2.75) is 226 Å². The molecular formula is C50H79N3O4. The van der Waals surface area contributed by atoms with E-state index in [1.165, 1.54) is 150 Å². The van der Waals surface area contributed by atoms with Crippen LogP contribution in [0.25, 0.3) is 32.7 Å². The molecule has 0 spiro atoms. The van der Waals surface area contributed by atoms with E-state index in [4.69, 9.17) is 4.99 Å². The largest absolute Gasteiger partial charge is 0.494 e. The maximum atomic E-state index is 14.4. The smallest absolute Gasteiger partial charge is 0.263 e. The van der Waals surface area contributed by atoms with Crippen LogP contribution in [0.3, 0.4) is 0 Å². The van der Waals surface area contributed by atoms with E-state index in [9.17, 15) is 19.5 Å². The lowest BCUT2D eigenvalue weighted by atomic mass is 9.90. The van der Waals surface area contributed by atoms with Gasteiger partial charge < -0.3 is 5.11 Å². The first-order chi connectivity index (χ1) is 28.0. The molecule has 57 heavy (non-hydrogen) atoms. The molecule has 318 valence electrons. The predicted octanol–water partition coefficient (Wildman–Crippen LogP) is 13.0. The Bertz CT molecular complexity index is 1910. The Hall–Kier alpha value is -3.22. The normalized spacial score (nSPS) is 12.4. The summed E-state index contributed by atoms with van der Waals surface area (Å²) in [5.41, 5.74) is 0.00290. The molecule has 1 aliphatic heterocycles. The number of benzene rings is 2. The fourth-order valence-corrected chi connectivity index (χ4v) is 8.91. The molecule has 0 fully saturated rings. The summed E-state index contributed by atoms with van der Waals surface area (Å²) in [6.07, 6.45) is 36.0. The first-order valence-corrected chi connectivity index (χ1v) is 24.0. The van der Waals surface area contributed by atoms with Crippen LogP contribution in [-0.4, -0.2) is 20.8 Å². The molecule has 0 unspecified atom stereocenters. The van der Waals surface area contributed by atoms with Crippen molar-refractivity contribution in [1.82, 2.24) is 9.13 Å². The molecule has 1 N–H and O–H groups in total. The molecule has 1 aliphatic carbocycles. The second-order valence-electron chi connectivity index (χ2n) is 17.2. The fourth-order valence-electron chi connectivity index (χ4n) is 8.91. The second kappa shape index (κ2) is 26.7. The van der Waals surface area contributed by atoms with Gasteiger partial charge in [-0.2, -0.15) is 0 Å². The first-order valence-electron chi connectivity index (χ1n) is 24.0. The molecule has 0 saturated heterocycles. The number of aromatic nitrogens is 2. The summed E-state index contributed by atoms with van der Waals surface area (Å²) in [6, 6.07) is 5.30. The second-order valence-corrected chi connectivity index (χ2v) is 17.2. The van der Waals surface area contributed by atoms with Gasteiger partial charge in [0, 0.05) is 41.4 Å². The first kappa shape index (κ1) is 46.5. The van der Waals surface area contributed by atoms with Crippen molar-refractivity contribution in [2.24, 2.45) is 4.99 Å². The minimum absolute atomic E-state index is 0.0829. The van der Waals surface area contributed by atoms with Crippen LogP contribution in [0.2, 0.25) is 0 Å². The van der Waals surface area contributed by atoms with Gasteiger partial charge in [-0.05, 0) is 37.5 Å². The van der Waals surface area contributed by atoms with E-state index in [0.29, 0.717) is 57.7 Å². The zero-order valence-electron chi connectivity index (χ0n) is 36.6. The highest BCUT2D eigenvalue weighted by Gasteiger charge is 2.26. The molecule has 7 nitrogen and oxygen atoms in total. The number of hydrogen-bond donors (Lipinski definition) is 1. The molecule has 7 heteroatoms. The maximum absolute atomic E-state index is 14.4. The van der Waals surface area contributed by atoms with Gasteiger partial charge in [-0.3, -0.25) is 28.5 Å². The van der Waals surface area contributed by atoms with E-state index < -0.39 is 0 Å². The molecular weight excluding hydrogens is 707 g/mol. The van der Waals surface area contributed by atoms with Crippen molar-refractivity contribution < 1.29 is 5.11 Å². The minimum atomic E-state index is -0.317. The molecule has 0 radical (unpaired) electrons. The molecule has 2 aliphatic rings. The third-order valence-corrected chi connectivity index (χ3v) is 12.4. The number of unbranched alkanes of at least 4 members (excludes halogenated alkanes) is 27. The van der Waals surface area contributed by atoms with Crippen LogP contribution < -0.4 is 22.0 Å². The summed E-state index contributed by atoms with van der Waals surface area (Å²) in [6.45, 7) is 8.12. The van der Waals surface area contributed by atoms with E-state index in [1.54, 1.807) is 18.2 Å². The fraction of sp³-hybridized carbons (Fsp3) is 0.720. The zero-order valence-corrected chi connectivity index (χ0v) is 36.6. The highest BCUT2D eigenvalue weighted by molar-refractivity contribution is 6.15. The summed E-state index contributed by atoms with van der Waals surface area (Å²) in [7, 11) is 0. The van der Waals surface area contributed by atoms with Crippen LogP contribution in [0.1, 0.15) is 213 Å². The van der Waals surface area contributed by atoms with Crippen LogP contribution >= 0.6 is 0 Å². The van der Waals surface area contributed by atoms with Crippen molar-refractivity contribution in [3.8, 4) is 17.0 Å². The Balaban J connectivity index is 1.55. The summed E-state index contributed by atoms with van der Waals surface area (Å²) < 4.78 is 2.91. The van der Waals surface area contributed by atoms with E-state index in [2.05, 4.69) is 20.8 Å². The molecule has 1 aromatic heterocycles. The van der Waals surface area contributed by atoms with Gasteiger partial charge in [-0.15, -0.1) is 0 Å². The molecule has 0 saturated carbocycles. The Morgan fingerprint density at radius 2 is 0.860 bits per heavy atom. The highest BCUT2D eigenvalue weighted by Crippen LogP contribution is 2.37. The Labute approximate surface area is 344 Å². The standard InChI is InChI=1S/C50H79N3O4/c1-4-7-10-13-16-19-22-25-28-31-36-51-43-39-42-44-40(47(54)52(49(42)56)37-32-29-26-23-20-17-14-11-8-5-2)34-35-41-45(44)46(43)50(57)53(48(41)55)38-33-30-27-24-21-18-15-12-9-6-3/h34-35,39,55H,4-33,36-38H2,1-3H3. The molecule has 1 aromatic carbocycles. The van der Waals surface area contributed by atoms with Crippen LogP contribution in [0.4, 0.5) is 0 Å².